The number of anilines is 1. The molecule has 0 radical (unpaired) electrons. The summed E-state index contributed by atoms with van der Waals surface area (Å²) in [4.78, 5) is 26.3. The van der Waals surface area contributed by atoms with E-state index in [1.807, 2.05) is 38.1 Å². The second-order valence-electron chi connectivity index (χ2n) is 7.32. The van der Waals surface area contributed by atoms with E-state index < -0.39 is 5.41 Å². The van der Waals surface area contributed by atoms with Crippen molar-refractivity contribution in [1.29, 1.82) is 0 Å². The normalized spacial score (nSPS) is 17.2. The Hall–Kier alpha value is -1.34. The Kier molecular flexibility index (Phi) is 11.7. The molecule has 8 heteroatoms. The van der Waals surface area contributed by atoms with Crippen LogP contribution >= 0.6 is 24.8 Å². The van der Waals surface area contributed by atoms with E-state index in [1.54, 1.807) is 0 Å². The first-order chi connectivity index (χ1) is 12.4. The van der Waals surface area contributed by atoms with Crippen molar-refractivity contribution >= 4 is 42.3 Å². The molecule has 2 rings (SSSR count). The minimum atomic E-state index is -0.504. The highest BCUT2D eigenvalue weighted by atomic mass is 35.5. The molecule has 1 saturated heterocycles. The molecule has 0 spiro atoms. The molecule has 0 aromatic heterocycles. The number of nitrogens with zero attached hydrogens (tertiary/aromatic N) is 1. The summed E-state index contributed by atoms with van der Waals surface area (Å²) < 4.78 is 0. The summed E-state index contributed by atoms with van der Waals surface area (Å²) in [6, 6.07) is 7.89. The van der Waals surface area contributed by atoms with Gasteiger partial charge in [0.25, 0.3) is 0 Å². The topological polar surface area (TPSA) is 101 Å². The first-order valence-electron chi connectivity index (χ1n) is 9.56. The summed E-state index contributed by atoms with van der Waals surface area (Å²) in [6.45, 7) is 6.83. The summed E-state index contributed by atoms with van der Waals surface area (Å²) in [6.07, 6.45) is 3.32. The van der Waals surface area contributed by atoms with Crippen LogP contribution in [-0.4, -0.2) is 36.3 Å². The van der Waals surface area contributed by atoms with Crippen LogP contribution in [0.15, 0.2) is 24.3 Å². The lowest BCUT2D eigenvalue weighted by molar-refractivity contribution is -0.125. The smallest absolute Gasteiger partial charge is 0.231 e. The number of piperidine rings is 1. The highest BCUT2D eigenvalue weighted by Gasteiger charge is 2.33. The van der Waals surface area contributed by atoms with Crippen molar-refractivity contribution in [3.8, 4) is 0 Å². The number of carbonyl (C=O) groups excluding carboxylic acids is 2. The highest BCUT2D eigenvalue weighted by molar-refractivity contribution is 5.95. The van der Waals surface area contributed by atoms with Gasteiger partial charge in [0, 0.05) is 25.3 Å². The van der Waals surface area contributed by atoms with Gasteiger partial charge in [-0.15, -0.1) is 24.8 Å². The molecule has 1 aliphatic rings. The van der Waals surface area contributed by atoms with E-state index in [4.69, 9.17) is 11.5 Å². The van der Waals surface area contributed by atoms with Crippen LogP contribution in [0, 0.1) is 11.3 Å². The Balaban J connectivity index is 0.00000364. The van der Waals surface area contributed by atoms with Crippen LogP contribution in [-0.2, 0) is 16.1 Å². The molecule has 1 fully saturated rings. The predicted octanol–water partition coefficient (Wildman–Crippen LogP) is 2.93. The number of nitrogens with one attached hydrogen (secondary N) is 1. The SMILES string of the molecule is CCC(CC)(CN)C(=O)Nc1ccc(CN2CCCC(C(N)=O)C2)cc1.Cl.Cl. The summed E-state index contributed by atoms with van der Waals surface area (Å²) in [5.74, 6) is -0.268. The van der Waals surface area contributed by atoms with Gasteiger partial charge in [-0.1, -0.05) is 26.0 Å². The van der Waals surface area contributed by atoms with Crippen LogP contribution in [0.1, 0.15) is 45.1 Å². The molecular weight excluding hydrogens is 399 g/mol. The molecule has 5 N–H and O–H groups in total. The number of benzene rings is 1. The number of rotatable bonds is 8. The molecule has 0 aliphatic carbocycles. The number of carbonyl (C=O) groups is 2. The largest absolute Gasteiger partial charge is 0.369 e. The van der Waals surface area contributed by atoms with Crippen LogP contribution in [0.2, 0.25) is 0 Å². The van der Waals surface area contributed by atoms with Crippen molar-refractivity contribution in [3.05, 3.63) is 29.8 Å². The fourth-order valence-electron chi connectivity index (χ4n) is 3.60. The Morgan fingerprint density at radius 2 is 1.79 bits per heavy atom. The van der Waals surface area contributed by atoms with Gasteiger partial charge < -0.3 is 16.8 Å². The van der Waals surface area contributed by atoms with Gasteiger partial charge in [0.05, 0.1) is 11.3 Å². The Bertz CT molecular complexity index is 613. The monoisotopic (exact) mass is 432 g/mol. The van der Waals surface area contributed by atoms with Crippen LogP contribution < -0.4 is 16.8 Å². The number of nitrogens with two attached hydrogens (primary N) is 2. The zero-order valence-corrected chi connectivity index (χ0v) is 18.4. The number of likely N-dealkylation sites (tertiary alicyclic amines) is 1. The van der Waals surface area contributed by atoms with Gasteiger partial charge in [-0.25, -0.2) is 0 Å². The van der Waals surface area contributed by atoms with Crippen molar-refractivity contribution in [2.24, 2.45) is 22.8 Å². The third-order valence-electron chi connectivity index (χ3n) is 5.75. The van der Waals surface area contributed by atoms with Crippen molar-refractivity contribution < 1.29 is 9.59 Å². The van der Waals surface area contributed by atoms with Crippen LogP contribution in [0.25, 0.3) is 0 Å². The lowest BCUT2D eigenvalue weighted by Gasteiger charge is -2.31. The van der Waals surface area contributed by atoms with Crippen molar-refractivity contribution in [2.45, 2.75) is 46.1 Å². The molecular formula is C20H34Cl2N4O2. The molecule has 160 valence electrons. The molecule has 1 aromatic rings. The van der Waals surface area contributed by atoms with Gasteiger partial charge in [-0.2, -0.15) is 0 Å². The molecule has 28 heavy (non-hydrogen) atoms. The summed E-state index contributed by atoms with van der Waals surface area (Å²) in [7, 11) is 0. The third kappa shape index (κ3) is 6.62. The summed E-state index contributed by atoms with van der Waals surface area (Å²) in [5, 5.41) is 2.99. The Morgan fingerprint density at radius 1 is 1.18 bits per heavy atom. The fourth-order valence-corrected chi connectivity index (χ4v) is 3.60. The van der Waals surface area contributed by atoms with Gasteiger partial charge in [-0.05, 0) is 49.9 Å². The zero-order chi connectivity index (χ0) is 19.2. The summed E-state index contributed by atoms with van der Waals surface area (Å²) >= 11 is 0. The average molecular weight is 433 g/mol. The molecule has 6 nitrogen and oxygen atoms in total. The first-order valence-corrected chi connectivity index (χ1v) is 9.56. The van der Waals surface area contributed by atoms with E-state index in [-0.39, 0.29) is 42.5 Å². The van der Waals surface area contributed by atoms with Crippen molar-refractivity contribution in [3.63, 3.8) is 0 Å². The highest BCUT2D eigenvalue weighted by Crippen LogP contribution is 2.27. The van der Waals surface area contributed by atoms with Gasteiger partial charge in [-0.3, -0.25) is 14.5 Å². The lowest BCUT2D eigenvalue weighted by atomic mass is 9.81. The van der Waals surface area contributed by atoms with Gasteiger partial charge >= 0.3 is 0 Å². The van der Waals surface area contributed by atoms with Gasteiger partial charge in [0.1, 0.15) is 0 Å². The predicted molar refractivity (Wildman–Crippen MR) is 119 cm³/mol. The van der Waals surface area contributed by atoms with E-state index in [0.29, 0.717) is 6.54 Å². The molecule has 0 saturated carbocycles. The maximum Gasteiger partial charge on any atom is 0.231 e. The molecule has 2 amide bonds. The second-order valence-corrected chi connectivity index (χ2v) is 7.32. The maximum atomic E-state index is 12.6. The number of amides is 2. The van der Waals surface area contributed by atoms with Gasteiger partial charge in [0.15, 0.2) is 0 Å². The van der Waals surface area contributed by atoms with E-state index >= 15 is 0 Å². The number of hydrogen-bond acceptors (Lipinski definition) is 4. The number of halogens is 2. The molecule has 1 heterocycles. The molecule has 1 unspecified atom stereocenters. The maximum absolute atomic E-state index is 12.6. The molecule has 1 atom stereocenters. The Morgan fingerprint density at radius 3 is 2.29 bits per heavy atom. The average Bonchev–Trinajstić information content (AvgIpc) is 2.65. The number of hydrogen-bond donors (Lipinski definition) is 3. The molecule has 1 aliphatic heterocycles. The Labute approximate surface area is 180 Å². The lowest BCUT2D eigenvalue weighted by Crippen LogP contribution is -2.41. The number of primary amides is 1. The van der Waals surface area contributed by atoms with E-state index in [0.717, 1.165) is 56.6 Å². The first kappa shape index (κ1) is 26.7. The molecule has 0 bridgehead atoms. The van der Waals surface area contributed by atoms with E-state index in [1.165, 1.54) is 0 Å². The second kappa shape index (κ2) is 12.3. The van der Waals surface area contributed by atoms with Gasteiger partial charge in [0.2, 0.25) is 11.8 Å². The standard InChI is InChI=1S/C20H32N4O2.2ClH/c1-3-20(4-2,14-21)19(26)23-17-9-7-15(8-10-17)12-24-11-5-6-16(13-24)18(22)25;;/h7-10,16H,3-6,11-14,21H2,1-2H3,(H2,22,25)(H,23,26);2*1H. The molecule has 1 aromatic carbocycles. The minimum Gasteiger partial charge on any atom is -0.369 e. The quantitative estimate of drug-likeness (QED) is 0.587. The fraction of sp³-hybridized carbons (Fsp3) is 0.600. The third-order valence-corrected chi connectivity index (χ3v) is 5.75. The summed E-state index contributed by atoms with van der Waals surface area (Å²) in [5.41, 5.74) is 12.7. The van der Waals surface area contributed by atoms with Crippen LogP contribution in [0.3, 0.4) is 0 Å². The van der Waals surface area contributed by atoms with E-state index in [9.17, 15) is 9.59 Å². The van der Waals surface area contributed by atoms with Crippen molar-refractivity contribution in [2.75, 3.05) is 25.0 Å². The minimum absolute atomic E-state index is 0. The van der Waals surface area contributed by atoms with E-state index in [2.05, 4.69) is 10.2 Å². The van der Waals surface area contributed by atoms with Crippen molar-refractivity contribution in [1.82, 2.24) is 4.90 Å². The zero-order valence-electron chi connectivity index (χ0n) is 16.8. The van der Waals surface area contributed by atoms with Crippen LogP contribution in [0.5, 0.6) is 0 Å². The van der Waals surface area contributed by atoms with Crippen LogP contribution in [0.4, 0.5) is 5.69 Å².